The van der Waals surface area contributed by atoms with Gasteiger partial charge in [0.1, 0.15) is 11.6 Å². The lowest BCUT2D eigenvalue weighted by Crippen LogP contribution is -2.49. The van der Waals surface area contributed by atoms with E-state index in [1.807, 2.05) is 6.07 Å². The molecule has 0 radical (unpaired) electrons. The van der Waals surface area contributed by atoms with E-state index in [1.165, 1.54) is 4.88 Å². The van der Waals surface area contributed by atoms with E-state index >= 15 is 0 Å². The number of hydrogen-bond donors (Lipinski definition) is 1. The minimum absolute atomic E-state index is 0.0662. The number of rotatable bonds is 8. The lowest BCUT2D eigenvalue weighted by molar-refractivity contribution is -0.143. The molecule has 0 unspecified atom stereocenters. The fraction of sp³-hybridized carbons (Fsp3) is 0.500. The van der Waals surface area contributed by atoms with Gasteiger partial charge in [-0.2, -0.15) is 0 Å². The molecule has 0 bridgehead atoms. The first kappa shape index (κ1) is 19.9. The summed E-state index contributed by atoms with van der Waals surface area (Å²) in [4.78, 5) is 33.6. The molecule has 1 fully saturated rings. The summed E-state index contributed by atoms with van der Waals surface area (Å²) in [6, 6.07) is 4.14. The van der Waals surface area contributed by atoms with Crippen molar-refractivity contribution < 1.29 is 14.3 Å². The lowest BCUT2D eigenvalue weighted by atomic mass is 10.3. The summed E-state index contributed by atoms with van der Waals surface area (Å²) in [7, 11) is 0. The Hall–Kier alpha value is -1.81. The van der Waals surface area contributed by atoms with E-state index in [0.29, 0.717) is 13.2 Å². The Morgan fingerprint density at radius 2 is 2.00 bits per heavy atom. The number of hydrogen-bond acceptors (Lipinski definition) is 8. The van der Waals surface area contributed by atoms with Crippen LogP contribution in [-0.4, -0.2) is 72.5 Å². The summed E-state index contributed by atoms with van der Waals surface area (Å²) >= 11 is 3.41. The lowest BCUT2D eigenvalue weighted by Gasteiger charge is -2.33. The maximum absolute atomic E-state index is 11.9. The van der Waals surface area contributed by atoms with Gasteiger partial charge in [-0.3, -0.25) is 19.4 Å². The van der Waals surface area contributed by atoms with E-state index in [0.717, 1.165) is 43.4 Å². The molecule has 0 spiro atoms. The normalized spacial score (nSPS) is 15.6. The number of nitrogens with one attached hydrogen (secondary N) is 1. The van der Waals surface area contributed by atoms with Crippen LogP contribution in [0.2, 0.25) is 0 Å². The third-order valence-electron chi connectivity index (χ3n) is 4.25. The van der Waals surface area contributed by atoms with Crippen LogP contribution in [0.5, 0.6) is 0 Å². The second-order valence-corrected chi connectivity index (χ2v) is 8.13. The largest absolute Gasteiger partial charge is 0.465 e. The summed E-state index contributed by atoms with van der Waals surface area (Å²) in [6.07, 6.45) is 0. The molecule has 2 aromatic rings. The number of amides is 1. The van der Waals surface area contributed by atoms with Gasteiger partial charge in [0.15, 0.2) is 0 Å². The molecule has 1 N–H and O–H groups in total. The molecule has 1 amide bonds. The standard InChI is InChI=1S/C18H24N4O3S2/c1-2-25-18(24)10-19-16(23)11-21-5-7-22(8-6-21)12-17-20-14(13-27-17)15-4-3-9-26-15/h3-4,9,13H,2,5-8,10-12H2,1H3,(H,19,23). The molecule has 146 valence electrons. The summed E-state index contributed by atoms with van der Waals surface area (Å²) in [5.41, 5.74) is 1.06. The Morgan fingerprint density at radius 3 is 2.70 bits per heavy atom. The maximum Gasteiger partial charge on any atom is 0.325 e. The fourth-order valence-corrected chi connectivity index (χ4v) is 4.46. The third kappa shape index (κ3) is 6.10. The van der Waals surface area contributed by atoms with Crippen LogP contribution in [0.25, 0.3) is 10.6 Å². The van der Waals surface area contributed by atoms with Gasteiger partial charge >= 0.3 is 5.97 Å². The second-order valence-electron chi connectivity index (χ2n) is 6.24. The highest BCUT2D eigenvalue weighted by Gasteiger charge is 2.20. The molecule has 1 aliphatic heterocycles. The first-order valence-corrected chi connectivity index (χ1v) is 10.7. The van der Waals surface area contributed by atoms with Crippen LogP contribution in [0.1, 0.15) is 11.9 Å². The van der Waals surface area contributed by atoms with Gasteiger partial charge in [-0.1, -0.05) is 6.07 Å². The highest BCUT2D eigenvalue weighted by molar-refractivity contribution is 7.14. The Kier molecular flexibility index (Phi) is 7.33. The molecular formula is C18H24N4O3S2. The number of nitrogens with zero attached hydrogens (tertiary/aromatic N) is 3. The van der Waals surface area contributed by atoms with E-state index in [4.69, 9.17) is 9.72 Å². The first-order valence-electron chi connectivity index (χ1n) is 8.99. The van der Waals surface area contributed by atoms with Gasteiger partial charge in [0, 0.05) is 31.6 Å². The Bertz CT molecular complexity index is 740. The zero-order valence-corrected chi connectivity index (χ0v) is 17.0. The van der Waals surface area contributed by atoms with Gasteiger partial charge in [-0.15, -0.1) is 22.7 Å². The van der Waals surface area contributed by atoms with Crippen molar-refractivity contribution in [3.63, 3.8) is 0 Å². The van der Waals surface area contributed by atoms with Gasteiger partial charge < -0.3 is 10.1 Å². The number of ether oxygens (including phenoxy) is 1. The molecule has 27 heavy (non-hydrogen) atoms. The summed E-state index contributed by atoms with van der Waals surface area (Å²) < 4.78 is 4.80. The second kappa shape index (κ2) is 9.93. The minimum Gasteiger partial charge on any atom is -0.465 e. The zero-order chi connectivity index (χ0) is 19.1. The predicted molar refractivity (Wildman–Crippen MR) is 107 cm³/mol. The predicted octanol–water partition coefficient (Wildman–Crippen LogP) is 1.67. The van der Waals surface area contributed by atoms with Gasteiger partial charge in [0.25, 0.3) is 0 Å². The van der Waals surface area contributed by atoms with Crippen LogP contribution < -0.4 is 5.32 Å². The number of esters is 1. The molecule has 0 aliphatic carbocycles. The minimum atomic E-state index is -0.402. The Labute approximate surface area is 167 Å². The van der Waals surface area contributed by atoms with Crippen molar-refractivity contribution in [3.8, 4) is 10.6 Å². The number of thiophene rings is 1. The van der Waals surface area contributed by atoms with Crippen molar-refractivity contribution in [2.24, 2.45) is 0 Å². The van der Waals surface area contributed by atoms with Gasteiger partial charge in [-0.25, -0.2) is 4.98 Å². The van der Waals surface area contributed by atoms with Crippen LogP contribution in [0.4, 0.5) is 0 Å². The van der Waals surface area contributed by atoms with Crippen LogP contribution in [-0.2, 0) is 20.9 Å². The molecule has 3 rings (SSSR count). The van der Waals surface area contributed by atoms with Crippen LogP contribution in [0, 0.1) is 0 Å². The molecule has 1 saturated heterocycles. The molecule has 1 aliphatic rings. The average molecular weight is 409 g/mol. The number of aromatic nitrogens is 1. The van der Waals surface area contributed by atoms with Gasteiger partial charge in [0.05, 0.1) is 30.3 Å². The van der Waals surface area contributed by atoms with Crippen molar-refractivity contribution >= 4 is 34.6 Å². The molecule has 2 aromatic heterocycles. The van der Waals surface area contributed by atoms with Gasteiger partial charge in [-0.05, 0) is 18.4 Å². The van der Waals surface area contributed by atoms with Crippen molar-refractivity contribution in [1.29, 1.82) is 0 Å². The highest BCUT2D eigenvalue weighted by atomic mass is 32.1. The molecule has 9 heteroatoms. The van der Waals surface area contributed by atoms with E-state index in [-0.39, 0.29) is 12.5 Å². The van der Waals surface area contributed by atoms with Crippen molar-refractivity contribution in [2.45, 2.75) is 13.5 Å². The van der Waals surface area contributed by atoms with Crippen LogP contribution >= 0.6 is 22.7 Å². The molecule has 0 aromatic carbocycles. The van der Waals surface area contributed by atoms with Crippen molar-refractivity contribution in [2.75, 3.05) is 45.9 Å². The number of thiazole rings is 1. The van der Waals surface area contributed by atoms with Crippen molar-refractivity contribution in [1.82, 2.24) is 20.1 Å². The van der Waals surface area contributed by atoms with Crippen LogP contribution in [0.15, 0.2) is 22.9 Å². The quantitative estimate of drug-likeness (QED) is 0.670. The topological polar surface area (TPSA) is 74.8 Å². The van der Waals surface area contributed by atoms with E-state index in [2.05, 4.69) is 31.9 Å². The first-order chi connectivity index (χ1) is 13.1. The monoisotopic (exact) mass is 408 g/mol. The van der Waals surface area contributed by atoms with E-state index in [1.54, 1.807) is 29.6 Å². The van der Waals surface area contributed by atoms with Crippen molar-refractivity contribution in [3.05, 3.63) is 27.9 Å². The fourth-order valence-electron chi connectivity index (χ4n) is 2.86. The average Bonchev–Trinajstić information content (AvgIpc) is 3.33. The van der Waals surface area contributed by atoms with E-state index < -0.39 is 5.97 Å². The Balaban J connectivity index is 1.38. The molecule has 0 saturated carbocycles. The number of piperazine rings is 1. The molecule has 3 heterocycles. The molecule has 0 atom stereocenters. The summed E-state index contributed by atoms with van der Waals surface area (Å²) in [5.74, 6) is -0.543. The highest BCUT2D eigenvalue weighted by Crippen LogP contribution is 2.26. The zero-order valence-electron chi connectivity index (χ0n) is 15.3. The SMILES string of the molecule is CCOC(=O)CNC(=O)CN1CCN(Cc2nc(-c3cccs3)cs2)CC1. The Morgan fingerprint density at radius 1 is 1.22 bits per heavy atom. The molecular weight excluding hydrogens is 384 g/mol. The maximum atomic E-state index is 11.9. The number of carbonyl (C=O) groups is 2. The van der Waals surface area contributed by atoms with Crippen LogP contribution in [0.3, 0.4) is 0 Å². The summed E-state index contributed by atoms with van der Waals surface area (Å²) in [5, 5.41) is 7.91. The number of carbonyl (C=O) groups excluding carboxylic acids is 2. The third-order valence-corrected chi connectivity index (χ3v) is 5.98. The smallest absolute Gasteiger partial charge is 0.325 e. The molecule has 7 nitrogen and oxygen atoms in total. The van der Waals surface area contributed by atoms with Gasteiger partial charge in [0.2, 0.25) is 5.91 Å². The summed E-state index contributed by atoms with van der Waals surface area (Å²) in [6.45, 7) is 6.62. The van der Waals surface area contributed by atoms with E-state index in [9.17, 15) is 9.59 Å².